The summed E-state index contributed by atoms with van der Waals surface area (Å²) < 4.78 is 11.5. The smallest absolute Gasteiger partial charge is 0.322 e. The number of ether oxygens (including phenoxy) is 1. The number of rotatable bonds is 9. The van der Waals surface area contributed by atoms with E-state index in [2.05, 4.69) is 55.5 Å². The van der Waals surface area contributed by atoms with Gasteiger partial charge in [0.05, 0.1) is 17.7 Å². The van der Waals surface area contributed by atoms with E-state index in [0.717, 1.165) is 40.8 Å². The van der Waals surface area contributed by atoms with Gasteiger partial charge in [0.25, 0.3) is 5.89 Å². The molecule has 3 aromatic rings. The van der Waals surface area contributed by atoms with Crippen LogP contribution in [0.2, 0.25) is 0 Å². The molecule has 0 bridgehead atoms. The first-order valence-electron chi connectivity index (χ1n) is 12.7. The van der Waals surface area contributed by atoms with E-state index in [1.54, 1.807) is 4.90 Å². The molecule has 2 amide bonds. The van der Waals surface area contributed by atoms with Crippen LogP contribution in [0, 0.1) is 13.8 Å². The Labute approximate surface area is 213 Å². The SMILES string of the molecule is CCc1ccc(-c2noc(C3=C(C)N(CCCOC(C)C)C(=O)NC3c3ccc(C)c(C)c3)n2)cc1. The largest absolute Gasteiger partial charge is 0.379 e. The zero-order chi connectivity index (χ0) is 25.8. The van der Waals surface area contributed by atoms with Crippen LogP contribution in [0.15, 0.2) is 52.7 Å². The normalized spacial score (nSPS) is 16.1. The minimum Gasteiger partial charge on any atom is -0.379 e. The lowest BCUT2D eigenvalue weighted by Gasteiger charge is -2.35. The maximum absolute atomic E-state index is 13.2. The number of urea groups is 1. The van der Waals surface area contributed by atoms with Gasteiger partial charge < -0.3 is 14.6 Å². The summed E-state index contributed by atoms with van der Waals surface area (Å²) in [5.41, 5.74) is 7.11. The van der Waals surface area contributed by atoms with E-state index >= 15 is 0 Å². The first kappa shape index (κ1) is 25.6. The highest BCUT2D eigenvalue weighted by Crippen LogP contribution is 2.38. The fourth-order valence-electron chi connectivity index (χ4n) is 4.40. The second-order valence-electron chi connectivity index (χ2n) is 9.62. The van der Waals surface area contributed by atoms with Gasteiger partial charge in [0.15, 0.2) is 0 Å². The number of carbonyl (C=O) groups is 1. The van der Waals surface area contributed by atoms with Crippen LogP contribution in [-0.4, -0.2) is 40.3 Å². The van der Waals surface area contributed by atoms with E-state index in [1.165, 1.54) is 11.1 Å². The molecule has 1 aromatic heterocycles. The average molecular weight is 489 g/mol. The lowest BCUT2D eigenvalue weighted by Crippen LogP contribution is -2.46. The first-order valence-corrected chi connectivity index (χ1v) is 12.7. The molecular weight excluding hydrogens is 452 g/mol. The molecule has 0 radical (unpaired) electrons. The van der Waals surface area contributed by atoms with Crippen molar-refractivity contribution in [1.29, 1.82) is 0 Å². The van der Waals surface area contributed by atoms with Crippen molar-refractivity contribution in [3.05, 3.63) is 76.3 Å². The van der Waals surface area contributed by atoms with E-state index in [0.29, 0.717) is 24.9 Å². The third kappa shape index (κ3) is 5.51. The number of amides is 2. The standard InChI is InChI=1S/C29H36N4O3/c1-7-22-10-13-23(14-11-22)27-31-28(36-32-27)25-21(6)33(15-8-16-35-18(2)3)29(34)30-26(25)24-12-9-19(4)20(5)17-24/h9-14,17-18,26H,7-8,15-16H2,1-6H3,(H,30,34). The molecule has 190 valence electrons. The van der Waals surface area contributed by atoms with Crippen LogP contribution in [0.5, 0.6) is 0 Å². The molecule has 0 aliphatic carbocycles. The lowest BCUT2D eigenvalue weighted by molar-refractivity contribution is 0.0736. The van der Waals surface area contributed by atoms with Gasteiger partial charge in [-0.3, -0.25) is 4.90 Å². The molecule has 7 heteroatoms. The highest BCUT2D eigenvalue weighted by Gasteiger charge is 2.35. The number of hydrogen-bond acceptors (Lipinski definition) is 5. The van der Waals surface area contributed by atoms with Crippen LogP contribution in [0.3, 0.4) is 0 Å². The molecule has 4 rings (SSSR count). The van der Waals surface area contributed by atoms with Crippen LogP contribution in [-0.2, 0) is 11.2 Å². The molecule has 2 aromatic carbocycles. The summed E-state index contributed by atoms with van der Waals surface area (Å²) in [5, 5.41) is 7.46. The Morgan fingerprint density at radius 3 is 2.50 bits per heavy atom. The number of carbonyl (C=O) groups excluding carboxylic acids is 1. The Balaban J connectivity index is 1.72. The van der Waals surface area contributed by atoms with E-state index in [1.807, 2.05) is 39.0 Å². The van der Waals surface area contributed by atoms with Gasteiger partial charge in [-0.15, -0.1) is 0 Å². The van der Waals surface area contributed by atoms with Crippen LogP contribution in [0.4, 0.5) is 4.79 Å². The summed E-state index contributed by atoms with van der Waals surface area (Å²) >= 11 is 0. The number of nitrogens with zero attached hydrogens (tertiary/aromatic N) is 3. The molecule has 0 fully saturated rings. The molecule has 1 aliphatic rings. The highest BCUT2D eigenvalue weighted by atomic mass is 16.5. The predicted molar refractivity (Wildman–Crippen MR) is 141 cm³/mol. The molecule has 0 spiro atoms. The Morgan fingerprint density at radius 2 is 1.83 bits per heavy atom. The van der Waals surface area contributed by atoms with Crippen LogP contribution in [0.25, 0.3) is 17.0 Å². The van der Waals surface area contributed by atoms with E-state index in [4.69, 9.17) is 14.2 Å². The van der Waals surface area contributed by atoms with E-state index in [9.17, 15) is 4.79 Å². The Bertz CT molecular complexity index is 1240. The number of aromatic nitrogens is 2. The Hall–Kier alpha value is -3.45. The molecule has 1 atom stereocenters. The fraction of sp³-hybridized carbons (Fsp3) is 0.414. The molecule has 0 saturated heterocycles. The van der Waals surface area contributed by atoms with Crippen molar-refractivity contribution in [2.75, 3.05) is 13.2 Å². The van der Waals surface area contributed by atoms with Crippen molar-refractivity contribution < 1.29 is 14.1 Å². The van der Waals surface area contributed by atoms with Gasteiger partial charge in [-0.1, -0.05) is 54.5 Å². The van der Waals surface area contributed by atoms with Gasteiger partial charge in [0, 0.05) is 24.4 Å². The second-order valence-corrected chi connectivity index (χ2v) is 9.62. The summed E-state index contributed by atoms with van der Waals surface area (Å²) in [6.07, 6.45) is 1.85. The highest BCUT2D eigenvalue weighted by molar-refractivity contribution is 5.87. The predicted octanol–water partition coefficient (Wildman–Crippen LogP) is 6.23. The molecule has 1 unspecified atom stereocenters. The van der Waals surface area contributed by atoms with Crippen molar-refractivity contribution in [1.82, 2.24) is 20.4 Å². The van der Waals surface area contributed by atoms with Crippen molar-refractivity contribution in [2.45, 2.75) is 66.5 Å². The van der Waals surface area contributed by atoms with Crippen molar-refractivity contribution in [3.63, 3.8) is 0 Å². The van der Waals surface area contributed by atoms with Gasteiger partial charge in [-0.25, -0.2) is 4.79 Å². The third-order valence-electron chi connectivity index (χ3n) is 6.71. The molecule has 1 N–H and O–H groups in total. The molecule has 1 aliphatic heterocycles. The van der Waals surface area contributed by atoms with E-state index in [-0.39, 0.29) is 12.1 Å². The minimum absolute atomic E-state index is 0.140. The van der Waals surface area contributed by atoms with Crippen LogP contribution < -0.4 is 5.32 Å². The van der Waals surface area contributed by atoms with E-state index < -0.39 is 6.04 Å². The van der Waals surface area contributed by atoms with Gasteiger partial charge in [0.1, 0.15) is 0 Å². The molecular formula is C29H36N4O3. The summed E-state index contributed by atoms with van der Waals surface area (Å²) in [6, 6.07) is 13.9. The Morgan fingerprint density at radius 1 is 1.08 bits per heavy atom. The summed E-state index contributed by atoms with van der Waals surface area (Å²) in [7, 11) is 0. The van der Waals surface area contributed by atoms with Gasteiger partial charge in [-0.2, -0.15) is 4.98 Å². The maximum Gasteiger partial charge on any atom is 0.322 e. The van der Waals surface area contributed by atoms with Gasteiger partial charge in [-0.05, 0) is 69.7 Å². The maximum atomic E-state index is 13.2. The van der Waals surface area contributed by atoms with Crippen molar-refractivity contribution >= 4 is 11.6 Å². The van der Waals surface area contributed by atoms with Crippen LogP contribution in [0.1, 0.15) is 68.3 Å². The molecule has 36 heavy (non-hydrogen) atoms. The number of nitrogens with one attached hydrogen (secondary N) is 1. The zero-order valence-electron chi connectivity index (χ0n) is 22.1. The molecule has 7 nitrogen and oxygen atoms in total. The molecule has 0 saturated carbocycles. The zero-order valence-corrected chi connectivity index (χ0v) is 22.1. The quantitative estimate of drug-likeness (QED) is 0.361. The number of aryl methyl sites for hydroxylation is 3. The number of hydrogen-bond donors (Lipinski definition) is 1. The van der Waals surface area contributed by atoms with Gasteiger partial charge >= 0.3 is 6.03 Å². The van der Waals surface area contributed by atoms with Crippen LogP contribution >= 0.6 is 0 Å². The fourth-order valence-corrected chi connectivity index (χ4v) is 4.40. The van der Waals surface area contributed by atoms with Crippen molar-refractivity contribution in [3.8, 4) is 11.4 Å². The van der Waals surface area contributed by atoms with Gasteiger partial charge in [0.2, 0.25) is 5.82 Å². The first-order chi connectivity index (χ1) is 17.3. The Kier molecular flexibility index (Phi) is 7.89. The topological polar surface area (TPSA) is 80.5 Å². The second kappa shape index (κ2) is 11.1. The average Bonchev–Trinajstić information content (AvgIpc) is 3.34. The van der Waals surface area contributed by atoms with Crippen molar-refractivity contribution in [2.24, 2.45) is 0 Å². The number of allylic oxidation sites excluding steroid dienone is 1. The number of benzene rings is 2. The summed E-state index contributed by atoms with van der Waals surface area (Å²) in [6.45, 7) is 13.4. The monoisotopic (exact) mass is 488 g/mol. The summed E-state index contributed by atoms with van der Waals surface area (Å²) in [4.78, 5) is 19.7. The summed E-state index contributed by atoms with van der Waals surface area (Å²) in [5.74, 6) is 0.939. The minimum atomic E-state index is -0.393. The third-order valence-corrected chi connectivity index (χ3v) is 6.71. The lowest BCUT2D eigenvalue weighted by atomic mass is 9.92. The molecule has 2 heterocycles.